The zero-order valence-electron chi connectivity index (χ0n) is 23.4. The van der Waals surface area contributed by atoms with E-state index >= 15 is 0 Å². The Kier molecular flexibility index (Phi) is 10.3. The van der Waals surface area contributed by atoms with E-state index in [1.807, 2.05) is 100 Å². The van der Waals surface area contributed by atoms with Gasteiger partial charge in [0.15, 0.2) is 0 Å². The molecule has 0 aliphatic carbocycles. The van der Waals surface area contributed by atoms with Crippen LogP contribution in [0.25, 0.3) is 0 Å². The molecule has 3 aromatic rings. The lowest BCUT2D eigenvalue weighted by atomic mass is 10.0. The molecule has 0 aliphatic heterocycles. The molecule has 2 amide bonds. The van der Waals surface area contributed by atoms with Gasteiger partial charge in [0.25, 0.3) is 0 Å². The Balaban J connectivity index is 2.04. The first-order valence-electron chi connectivity index (χ1n) is 13.2. The number of nitrogens with one attached hydrogen (secondary N) is 1. The van der Waals surface area contributed by atoms with Crippen LogP contribution in [0.4, 0.5) is 5.69 Å². The van der Waals surface area contributed by atoms with Crippen LogP contribution < -0.4 is 9.62 Å². The second-order valence-corrected chi connectivity index (χ2v) is 12.3. The Bertz CT molecular complexity index is 1360. The molecule has 3 aromatic carbocycles. The third-order valence-corrected chi connectivity index (χ3v) is 7.58. The first-order chi connectivity index (χ1) is 18.5. The van der Waals surface area contributed by atoms with Crippen LogP contribution >= 0.6 is 0 Å². The number of hydrogen-bond donors (Lipinski definition) is 1. The summed E-state index contributed by atoms with van der Waals surface area (Å²) in [5, 5.41) is 2.99. The first kappa shape index (κ1) is 29.9. The number of carbonyl (C=O) groups excluding carboxylic acids is 2. The lowest BCUT2D eigenvalue weighted by Crippen LogP contribution is -2.53. The average Bonchev–Trinajstić information content (AvgIpc) is 2.88. The molecule has 1 atom stereocenters. The molecule has 0 aliphatic rings. The highest BCUT2D eigenvalue weighted by molar-refractivity contribution is 7.92. The summed E-state index contributed by atoms with van der Waals surface area (Å²) >= 11 is 0. The summed E-state index contributed by atoms with van der Waals surface area (Å²) in [4.78, 5) is 29.2. The van der Waals surface area contributed by atoms with Crippen LogP contribution in [-0.4, -0.2) is 50.5 Å². The summed E-state index contributed by atoms with van der Waals surface area (Å²) in [6.45, 7) is 7.98. The molecule has 0 saturated carbocycles. The monoisotopic (exact) mass is 549 g/mol. The van der Waals surface area contributed by atoms with Gasteiger partial charge in [-0.1, -0.05) is 92.2 Å². The largest absolute Gasteiger partial charge is 0.354 e. The summed E-state index contributed by atoms with van der Waals surface area (Å²) in [6.07, 6.45) is 1.39. The fourth-order valence-corrected chi connectivity index (χ4v) is 5.34. The molecular formula is C31H39N3O4S. The number of benzene rings is 3. The van der Waals surface area contributed by atoms with Crippen LogP contribution in [0.2, 0.25) is 0 Å². The van der Waals surface area contributed by atoms with Crippen LogP contribution in [0.5, 0.6) is 0 Å². The number of hydrogen-bond acceptors (Lipinski definition) is 4. The van der Waals surface area contributed by atoms with Crippen molar-refractivity contribution in [1.82, 2.24) is 10.2 Å². The minimum absolute atomic E-state index is 0.163. The van der Waals surface area contributed by atoms with E-state index < -0.39 is 28.5 Å². The van der Waals surface area contributed by atoms with Gasteiger partial charge in [-0.15, -0.1) is 0 Å². The van der Waals surface area contributed by atoms with Crippen molar-refractivity contribution in [3.8, 4) is 0 Å². The maximum absolute atomic E-state index is 14.1. The molecule has 8 heteroatoms. The molecule has 1 unspecified atom stereocenters. The van der Waals surface area contributed by atoms with E-state index in [0.29, 0.717) is 18.7 Å². The molecule has 0 radical (unpaired) electrons. The molecule has 39 heavy (non-hydrogen) atoms. The fraction of sp³-hybridized carbons (Fsp3) is 0.355. The second-order valence-electron chi connectivity index (χ2n) is 10.4. The summed E-state index contributed by atoms with van der Waals surface area (Å²) in [7, 11) is -3.80. The molecule has 3 rings (SSSR count). The third-order valence-electron chi connectivity index (χ3n) is 6.45. The first-order valence-corrected chi connectivity index (χ1v) is 15.0. The van der Waals surface area contributed by atoms with E-state index in [0.717, 1.165) is 32.8 Å². The number of rotatable bonds is 12. The van der Waals surface area contributed by atoms with Gasteiger partial charge in [-0.3, -0.25) is 13.9 Å². The van der Waals surface area contributed by atoms with Crippen LogP contribution in [0.3, 0.4) is 0 Å². The summed E-state index contributed by atoms with van der Waals surface area (Å²) in [5.74, 6) is -0.492. The van der Waals surface area contributed by atoms with Gasteiger partial charge in [-0.2, -0.15) is 0 Å². The van der Waals surface area contributed by atoms with Crippen molar-refractivity contribution in [3.63, 3.8) is 0 Å². The van der Waals surface area contributed by atoms with Gasteiger partial charge in [0.05, 0.1) is 11.9 Å². The Morgan fingerprint density at radius 3 is 2.00 bits per heavy atom. The Hall–Kier alpha value is -3.65. The predicted octanol–water partition coefficient (Wildman–Crippen LogP) is 4.48. The summed E-state index contributed by atoms with van der Waals surface area (Å²) < 4.78 is 27.0. The van der Waals surface area contributed by atoms with Crippen molar-refractivity contribution in [1.29, 1.82) is 0 Å². The average molecular weight is 550 g/mol. The Morgan fingerprint density at radius 1 is 0.872 bits per heavy atom. The zero-order valence-corrected chi connectivity index (χ0v) is 24.2. The van der Waals surface area contributed by atoms with E-state index in [-0.39, 0.29) is 18.4 Å². The van der Waals surface area contributed by atoms with Crippen molar-refractivity contribution in [2.24, 2.45) is 5.92 Å². The molecule has 208 valence electrons. The van der Waals surface area contributed by atoms with Crippen molar-refractivity contribution >= 4 is 27.5 Å². The second kappa shape index (κ2) is 13.4. The maximum Gasteiger partial charge on any atom is 0.244 e. The smallest absolute Gasteiger partial charge is 0.244 e. The van der Waals surface area contributed by atoms with E-state index in [4.69, 9.17) is 0 Å². The SMILES string of the molecule is Cc1ccc(N(CC(=O)N(Cc2ccccc2)C(Cc2ccccc2)C(=O)NCC(C)C)S(C)(=O)=O)c(C)c1. The topological polar surface area (TPSA) is 86.8 Å². The molecule has 1 N–H and O–H groups in total. The zero-order chi connectivity index (χ0) is 28.6. The van der Waals surface area contributed by atoms with Crippen LogP contribution in [0.15, 0.2) is 78.9 Å². The number of sulfonamides is 1. The fourth-order valence-electron chi connectivity index (χ4n) is 4.44. The lowest BCUT2D eigenvalue weighted by Gasteiger charge is -2.34. The van der Waals surface area contributed by atoms with Crippen LogP contribution in [0, 0.1) is 19.8 Å². The van der Waals surface area contributed by atoms with Gasteiger partial charge < -0.3 is 10.2 Å². The quantitative estimate of drug-likeness (QED) is 0.361. The maximum atomic E-state index is 14.1. The number of amides is 2. The van der Waals surface area contributed by atoms with E-state index in [2.05, 4.69) is 5.32 Å². The number of nitrogens with zero attached hydrogens (tertiary/aromatic N) is 2. The van der Waals surface area contributed by atoms with Gasteiger partial charge in [-0.25, -0.2) is 8.42 Å². The number of aryl methyl sites for hydroxylation is 2. The highest BCUT2D eigenvalue weighted by atomic mass is 32.2. The molecular weight excluding hydrogens is 510 g/mol. The molecule has 0 bridgehead atoms. The van der Waals surface area contributed by atoms with Crippen molar-refractivity contribution in [2.45, 2.75) is 46.7 Å². The molecule has 0 spiro atoms. The van der Waals surface area contributed by atoms with Gasteiger partial charge in [0, 0.05) is 19.5 Å². The molecule has 0 aromatic heterocycles. The van der Waals surface area contributed by atoms with Crippen LogP contribution in [-0.2, 0) is 32.6 Å². The third kappa shape index (κ3) is 8.68. The molecule has 0 saturated heterocycles. The minimum atomic E-state index is -3.80. The van der Waals surface area contributed by atoms with Crippen molar-refractivity contribution in [3.05, 3.63) is 101 Å². The van der Waals surface area contributed by atoms with Gasteiger partial charge >= 0.3 is 0 Å². The van der Waals surface area contributed by atoms with Gasteiger partial charge in [0.2, 0.25) is 21.8 Å². The Labute approximate surface area is 232 Å². The molecule has 7 nitrogen and oxygen atoms in total. The minimum Gasteiger partial charge on any atom is -0.354 e. The number of carbonyl (C=O) groups is 2. The van der Waals surface area contributed by atoms with E-state index in [9.17, 15) is 18.0 Å². The predicted molar refractivity (Wildman–Crippen MR) is 157 cm³/mol. The highest BCUT2D eigenvalue weighted by Crippen LogP contribution is 2.24. The standard InChI is InChI=1S/C31H39N3O4S/c1-23(2)20-32-31(36)29(19-26-12-8-6-9-13-26)33(21-27-14-10-7-11-15-27)30(35)22-34(39(5,37)38)28-17-16-24(3)18-25(28)4/h6-18,23,29H,19-22H2,1-5H3,(H,32,36). The Morgan fingerprint density at radius 2 is 1.46 bits per heavy atom. The van der Waals surface area contributed by atoms with E-state index in [1.54, 1.807) is 6.07 Å². The van der Waals surface area contributed by atoms with Gasteiger partial charge in [0.1, 0.15) is 12.6 Å². The van der Waals surface area contributed by atoms with Crippen molar-refractivity contribution < 1.29 is 18.0 Å². The van der Waals surface area contributed by atoms with E-state index in [1.165, 1.54) is 4.90 Å². The molecule has 0 heterocycles. The number of anilines is 1. The normalized spacial score (nSPS) is 12.2. The molecule has 0 fully saturated rings. The lowest BCUT2D eigenvalue weighted by molar-refractivity contribution is -0.140. The van der Waals surface area contributed by atoms with Crippen LogP contribution in [0.1, 0.15) is 36.1 Å². The van der Waals surface area contributed by atoms with Crippen molar-refractivity contribution in [2.75, 3.05) is 23.7 Å². The summed E-state index contributed by atoms with van der Waals surface area (Å²) in [6, 6.07) is 23.6. The van der Waals surface area contributed by atoms with Gasteiger partial charge in [-0.05, 0) is 42.5 Å². The summed E-state index contributed by atoms with van der Waals surface area (Å²) in [5.41, 5.74) is 3.94. The highest BCUT2D eigenvalue weighted by Gasteiger charge is 2.33.